The number of carbonyl (C=O) groups excluding carboxylic acids is 1. The molecule has 0 amide bonds. The van der Waals surface area contributed by atoms with E-state index >= 15 is 0 Å². The zero-order valence-electron chi connectivity index (χ0n) is 8.56. The van der Waals surface area contributed by atoms with Gasteiger partial charge in [-0.25, -0.2) is 9.97 Å². The Balaban J connectivity index is 2.26. The molecular weight excluding hydrogens is 196 g/mol. The van der Waals surface area contributed by atoms with Gasteiger partial charge in [0.1, 0.15) is 11.6 Å². The van der Waals surface area contributed by atoms with E-state index < -0.39 is 0 Å². The minimum absolute atomic E-state index is 0.228. The lowest BCUT2D eigenvalue weighted by molar-refractivity contribution is -0.142. The Morgan fingerprint density at radius 3 is 2.93 bits per heavy atom. The van der Waals surface area contributed by atoms with Gasteiger partial charge in [-0.15, -0.1) is 0 Å². The molecule has 0 aromatic carbocycles. The molecule has 1 aromatic heterocycles. The summed E-state index contributed by atoms with van der Waals surface area (Å²) in [6, 6.07) is 0. The fourth-order valence-corrected chi connectivity index (χ4v) is 0.955. The molecule has 15 heavy (non-hydrogen) atoms. The Hall–Kier alpha value is -1.85. The predicted molar refractivity (Wildman–Crippen MR) is 56.2 cm³/mol. The molecular formula is C9H14N4O2. The monoisotopic (exact) mass is 210 g/mol. The lowest BCUT2D eigenvalue weighted by atomic mass is 10.4. The fraction of sp³-hybridized carbons (Fsp3) is 0.444. The van der Waals surface area contributed by atoms with Gasteiger partial charge in [0, 0.05) is 6.54 Å². The maximum Gasteiger partial charge on any atom is 0.307 e. The van der Waals surface area contributed by atoms with E-state index in [4.69, 9.17) is 10.5 Å². The van der Waals surface area contributed by atoms with Gasteiger partial charge in [-0.2, -0.15) is 0 Å². The summed E-state index contributed by atoms with van der Waals surface area (Å²) in [6.45, 7) is 2.65. The van der Waals surface area contributed by atoms with Gasteiger partial charge in [-0.1, -0.05) is 0 Å². The van der Waals surface area contributed by atoms with Gasteiger partial charge >= 0.3 is 5.97 Å². The van der Waals surface area contributed by atoms with Crippen molar-refractivity contribution >= 4 is 17.6 Å². The lowest BCUT2D eigenvalue weighted by Gasteiger charge is -2.04. The van der Waals surface area contributed by atoms with Crippen molar-refractivity contribution in [1.82, 2.24) is 9.97 Å². The molecule has 6 nitrogen and oxygen atoms in total. The van der Waals surface area contributed by atoms with E-state index in [1.807, 2.05) is 0 Å². The second-order valence-electron chi connectivity index (χ2n) is 2.81. The molecule has 82 valence electrons. The molecule has 6 heteroatoms. The average Bonchev–Trinajstić information content (AvgIpc) is 2.21. The van der Waals surface area contributed by atoms with E-state index in [1.54, 1.807) is 6.92 Å². The van der Waals surface area contributed by atoms with E-state index in [1.165, 1.54) is 12.4 Å². The van der Waals surface area contributed by atoms with Crippen LogP contribution in [-0.2, 0) is 9.53 Å². The number of nitrogen functional groups attached to an aromatic ring is 1. The van der Waals surface area contributed by atoms with Crippen LogP contribution in [0.25, 0.3) is 0 Å². The molecule has 0 bridgehead atoms. The Morgan fingerprint density at radius 2 is 2.33 bits per heavy atom. The number of hydrogen-bond donors (Lipinski definition) is 2. The molecule has 0 saturated heterocycles. The first-order valence-electron chi connectivity index (χ1n) is 4.69. The van der Waals surface area contributed by atoms with Crippen LogP contribution >= 0.6 is 0 Å². The molecule has 1 heterocycles. The second kappa shape index (κ2) is 5.79. The molecule has 0 aliphatic rings. The summed E-state index contributed by atoms with van der Waals surface area (Å²) < 4.78 is 4.76. The van der Waals surface area contributed by atoms with Crippen molar-refractivity contribution in [3.05, 3.63) is 12.4 Å². The van der Waals surface area contributed by atoms with E-state index in [0.717, 1.165) is 0 Å². The van der Waals surface area contributed by atoms with Gasteiger partial charge in [0.2, 0.25) is 0 Å². The van der Waals surface area contributed by atoms with Gasteiger partial charge in [0.05, 0.1) is 25.4 Å². The number of ether oxygens (including phenoxy) is 1. The van der Waals surface area contributed by atoms with Crippen LogP contribution in [0, 0.1) is 0 Å². The van der Waals surface area contributed by atoms with Gasteiger partial charge in [0.15, 0.2) is 0 Å². The highest BCUT2D eigenvalue weighted by atomic mass is 16.5. The average molecular weight is 210 g/mol. The third-order valence-electron chi connectivity index (χ3n) is 1.61. The Labute approximate surface area is 87.9 Å². The predicted octanol–water partition coefficient (Wildman–Crippen LogP) is 0.424. The minimum Gasteiger partial charge on any atom is -0.466 e. The zero-order valence-corrected chi connectivity index (χ0v) is 8.56. The highest BCUT2D eigenvalue weighted by Gasteiger charge is 2.01. The third kappa shape index (κ3) is 4.26. The molecule has 3 N–H and O–H groups in total. The van der Waals surface area contributed by atoms with Gasteiger partial charge in [-0.05, 0) is 6.92 Å². The topological polar surface area (TPSA) is 90.1 Å². The molecule has 0 atom stereocenters. The first-order valence-corrected chi connectivity index (χ1v) is 4.69. The number of nitrogens with zero attached hydrogens (tertiary/aromatic N) is 2. The molecule has 0 fully saturated rings. The van der Waals surface area contributed by atoms with Gasteiger partial charge < -0.3 is 15.8 Å². The molecule has 1 rings (SSSR count). The maximum absolute atomic E-state index is 11.0. The Bertz CT molecular complexity index is 312. The number of rotatable bonds is 5. The van der Waals surface area contributed by atoms with Crippen molar-refractivity contribution in [3.63, 3.8) is 0 Å². The highest BCUT2D eigenvalue weighted by molar-refractivity contribution is 5.69. The summed E-state index contributed by atoms with van der Waals surface area (Å²) in [5.74, 6) is 0.729. The summed E-state index contributed by atoms with van der Waals surface area (Å²) >= 11 is 0. The van der Waals surface area contributed by atoms with E-state index in [-0.39, 0.29) is 5.97 Å². The summed E-state index contributed by atoms with van der Waals surface area (Å²) in [4.78, 5) is 18.8. The summed E-state index contributed by atoms with van der Waals surface area (Å²) in [5, 5.41) is 2.93. The van der Waals surface area contributed by atoms with E-state index in [2.05, 4.69) is 15.3 Å². The van der Waals surface area contributed by atoms with Crippen LogP contribution in [0.15, 0.2) is 12.4 Å². The molecule has 0 aliphatic carbocycles. The number of anilines is 2. The van der Waals surface area contributed by atoms with E-state index in [9.17, 15) is 4.79 Å². The van der Waals surface area contributed by atoms with E-state index in [0.29, 0.717) is 31.2 Å². The van der Waals surface area contributed by atoms with Crippen LogP contribution in [-0.4, -0.2) is 29.1 Å². The van der Waals surface area contributed by atoms with Gasteiger partial charge in [-0.3, -0.25) is 4.79 Å². The maximum atomic E-state index is 11.0. The summed E-state index contributed by atoms with van der Waals surface area (Å²) in [7, 11) is 0. The number of carbonyl (C=O) groups is 1. The molecule has 0 radical (unpaired) electrons. The van der Waals surface area contributed by atoms with Crippen LogP contribution in [0.4, 0.5) is 11.6 Å². The van der Waals surface area contributed by atoms with Crippen LogP contribution in [0.1, 0.15) is 13.3 Å². The highest BCUT2D eigenvalue weighted by Crippen LogP contribution is 2.01. The standard InChI is InChI=1S/C9H14N4O2/c1-2-15-9(14)3-4-11-8-6-12-7(10)5-13-8/h5-6H,2-4H2,1H3,(H2,10,12)(H,11,13). The SMILES string of the molecule is CCOC(=O)CCNc1cnc(N)cn1. The normalized spacial score (nSPS) is 9.67. The number of aromatic nitrogens is 2. The van der Waals surface area contributed by atoms with Crippen LogP contribution in [0.5, 0.6) is 0 Å². The number of hydrogen-bond acceptors (Lipinski definition) is 6. The second-order valence-corrected chi connectivity index (χ2v) is 2.81. The summed E-state index contributed by atoms with van der Waals surface area (Å²) in [6.07, 6.45) is 3.27. The lowest BCUT2D eigenvalue weighted by Crippen LogP contribution is -2.12. The van der Waals surface area contributed by atoms with Crippen LogP contribution in [0.2, 0.25) is 0 Å². The molecule has 0 spiro atoms. The number of nitrogens with one attached hydrogen (secondary N) is 1. The van der Waals surface area contributed by atoms with Crippen molar-refractivity contribution in [1.29, 1.82) is 0 Å². The molecule has 0 saturated carbocycles. The van der Waals surface area contributed by atoms with Crippen LogP contribution in [0.3, 0.4) is 0 Å². The number of esters is 1. The van der Waals surface area contributed by atoms with Crippen molar-refractivity contribution < 1.29 is 9.53 Å². The molecule has 1 aromatic rings. The van der Waals surface area contributed by atoms with Crippen molar-refractivity contribution in [3.8, 4) is 0 Å². The fourth-order valence-electron chi connectivity index (χ4n) is 0.955. The first-order chi connectivity index (χ1) is 7.22. The molecule has 0 unspecified atom stereocenters. The van der Waals surface area contributed by atoms with Crippen LogP contribution < -0.4 is 11.1 Å². The van der Waals surface area contributed by atoms with Gasteiger partial charge in [0.25, 0.3) is 0 Å². The van der Waals surface area contributed by atoms with Crippen molar-refractivity contribution in [2.45, 2.75) is 13.3 Å². The number of nitrogens with two attached hydrogens (primary N) is 1. The zero-order chi connectivity index (χ0) is 11.1. The third-order valence-corrected chi connectivity index (χ3v) is 1.61. The Kier molecular flexibility index (Phi) is 4.33. The summed E-state index contributed by atoms with van der Waals surface area (Å²) in [5.41, 5.74) is 5.37. The Morgan fingerprint density at radius 1 is 1.53 bits per heavy atom. The minimum atomic E-state index is -0.228. The smallest absolute Gasteiger partial charge is 0.307 e. The first kappa shape index (κ1) is 11.2. The van der Waals surface area contributed by atoms with Crippen molar-refractivity contribution in [2.75, 3.05) is 24.2 Å². The molecule has 0 aliphatic heterocycles. The van der Waals surface area contributed by atoms with Crippen molar-refractivity contribution in [2.24, 2.45) is 0 Å². The largest absolute Gasteiger partial charge is 0.466 e. The quantitative estimate of drug-likeness (QED) is 0.685.